The molecule has 4 aliphatic carbocycles. The molecule has 0 amide bonds. The Balaban J connectivity index is 1.57. The van der Waals surface area contributed by atoms with Gasteiger partial charge >= 0.3 is 0 Å². The summed E-state index contributed by atoms with van der Waals surface area (Å²) >= 11 is 0. The van der Waals surface area contributed by atoms with Crippen molar-refractivity contribution >= 4 is 0 Å². The molecule has 0 heterocycles. The van der Waals surface area contributed by atoms with Crippen molar-refractivity contribution in [2.45, 2.75) is 110 Å². The molecule has 0 saturated heterocycles. The van der Waals surface area contributed by atoms with E-state index in [4.69, 9.17) is 4.74 Å². The summed E-state index contributed by atoms with van der Waals surface area (Å²) in [6.07, 6.45) is 14.0. The normalized spacial score (nSPS) is 47.2. The number of hydrogen-bond donors (Lipinski definition) is 2. The minimum absolute atomic E-state index is 0.146. The van der Waals surface area contributed by atoms with Gasteiger partial charge in [0.05, 0.1) is 17.8 Å². The predicted octanol–water partition coefficient (Wildman–Crippen LogP) is 5.49. The zero-order chi connectivity index (χ0) is 21.0. The summed E-state index contributed by atoms with van der Waals surface area (Å²) in [5.74, 6) is 2.89. The maximum Gasteiger partial charge on any atom is 0.0616 e. The molecule has 0 aromatic heterocycles. The predicted molar refractivity (Wildman–Crippen MR) is 118 cm³/mol. The molecule has 0 aliphatic heterocycles. The fourth-order valence-corrected chi connectivity index (χ4v) is 8.32. The molecule has 0 aromatic rings. The van der Waals surface area contributed by atoms with Gasteiger partial charge < -0.3 is 14.9 Å². The van der Waals surface area contributed by atoms with Gasteiger partial charge in [-0.3, -0.25) is 0 Å². The number of rotatable bonds is 5. The van der Waals surface area contributed by atoms with Crippen LogP contribution < -0.4 is 0 Å². The van der Waals surface area contributed by atoms with Gasteiger partial charge in [-0.1, -0.05) is 31.9 Å². The standard InChI is InChI=1S/C26H44O3/c1-24(2,28)13-6-7-17-9-11-21-20-10-8-18-15-19(27)12-14-25(18,3)23(20)22(29-5)16-26(17,21)4/h8,17,19-23,27-28H,6-7,9-16H2,1-5H3. The highest BCUT2D eigenvalue weighted by atomic mass is 16.5. The summed E-state index contributed by atoms with van der Waals surface area (Å²) in [7, 11) is 1.93. The van der Waals surface area contributed by atoms with Crippen LogP contribution in [0.2, 0.25) is 0 Å². The first kappa shape index (κ1) is 21.8. The SMILES string of the molecule is COC1CC2(C)C(CCCC(C)(C)O)CCC2C2CC=C3CC(O)CCC3(C)C12. The highest BCUT2D eigenvalue weighted by molar-refractivity contribution is 5.26. The van der Waals surface area contributed by atoms with Crippen LogP contribution >= 0.6 is 0 Å². The Bertz CT molecular complexity index is 634. The minimum Gasteiger partial charge on any atom is -0.393 e. The molecule has 4 rings (SSSR count). The van der Waals surface area contributed by atoms with E-state index in [9.17, 15) is 10.2 Å². The van der Waals surface area contributed by atoms with E-state index in [-0.39, 0.29) is 11.5 Å². The van der Waals surface area contributed by atoms with E-state index >= 15 is 0 Å². The second-order valence-electron chi connectivity index (χ2n) is 12.0. The van der Waals surface area contributed by atoms with Gasteiger partial charge in [0.15, 0.2) is 0 Å². The van der Waals surface area contributed by atoms with Crippen LogP contribution in [0.15, 0.2) is 11.6 Å². The van der Waals surface area contributed by atoms with Crippen molar-refractivity contribution in [3.63, 3.8) is 0 Å². The van der Waals surface area contributed by atoms with Gasteiger partial charge in [0.1, 0.15) is 0 Å². The Morgan fingerprint density at radius 3 is 2.66 bits per heavy atom. The minimum atomic E-state index is -0.545. The van der Waals surface area contributed by atoms with E-state index in [1.165, 1.54) is 37.7 Å². The summed E-state index contributed by atoms with van der Waals surface area (Å²) in [6, 6.07) is 0. The molecule has 3 nitrogen and oxygen atoms in total. The molecule has 0 spiro atoms. The molecule has 0 bridgehead atoms. The zero-order valence-corrected chi connectivity index (χ0v) is 19.4. The Kier molecular flexibility index (Phi) is 5.75. The Morgan fingerprint density at radius 1 is 1.21 bits per heavy atom. The fourth-order valence-electron chi connectivity index (χ4n) is 8.32. The molecule has 8 unspecified atom stereocenters. The number of aliphatic hydroxyl groups is 2. The number of ether oxygens (including phenoxy) is 1. The van der Waals surface area contributed by atoms with E-state index in [1.54, 1.807) is 0 Å². The van der Waals surface area contributed by atoms with Gasteiger partial charge in [-0.15, -0.1) is 0 Å². The number of allylic oxidation sites excluding steroid dienone is 1. The Morgan fingerprint density at radius 2 is 1.97 bits per heavy atom. The monoisotopic (exact) mass is 404 g/mol. The highest BCUT2D eigenvalue weighted by Gasteiger charge is 2.61. The molecule has 2 N–H and O–H groups in total. The molecule has 29 heavy (non-hydrogen) atoms. The molecule has 8 atom stereocenters. The van der Waals surface area contributed by atoms with Crippen LogP contribution in [0.1, 0.15) is 91.9 Å². The average Bonchev–Trinajstić information content (AvgIpc) is 2.97. The lowest BCUT2D eigenvalue weighted by atomic mass is 9.46. The van der Waals surface area contributed by atoms with Crippen LogP contribution in [0.5, 0.6) is 0 Å². The van der Waals surface area contributed by atoms with Gasteiger partial charge in [-0.25, -0.2) is 0 Å². The summed E-state index contributed by atoms with van der Waals surface area (Å²) in [5.41, 5.74) is 1.56. The van der Waals surface area contributed by atoms with Crippen LogP contribution in [-0.4, -0.2) is 35.1 Å². The Hall–Kier alpha value is -0.380. The molecule has 4 aliphatic rings. The van der Waals surface area contributed by atoms with Crippen LogP contribution in [0.3, 0.4) is 0 Å². The third-order valence-electron chi connectivity index (χ3n) is 9.83. The van der Waals surface area contributed by atoms with Crippen molar-refractivity contribution in [2.24, 2.45) is 34.5 Å². The maximum atomic E-state index is 10.3. The fraction of sp³-hybridized carbons (Fsp3) is 0.923. The van der Waals surface area contributed by atoms with Crippen molar-refractivity contribution in [3.8, 4) is 0 Å². The van der Waals surface area contributed by atoms with Crippen LogP contribution in [0, 0.1) is 34.5 Å². The highest BCUT2D eigenvalue weighted by Crippen LogP contribution is 2.67. The van der Waals surface area contributed by atoms with Crippen molar-refractivity contribution in [1.29, 1.82) is 0 Å². The molecule has 166 valence electrons. The van der Waals surface area contributed by atoms with E-state index in [1.807, 2.05) is 21.0 Å². The van der Waals surface area contributed by atoms with E-state index < -0.39 is 5.60 Å². The van der Waals surface area contributed by atoms with Crippen molar-refractivity contribution in [2.75, 3.05) is 7.11 Å². The molecule has 3 heteroatoms. The first-order valence-corrected chi connectivity index (χ1v) is 12.2. The second kappa shape index (κ2) is 7.64. The van der Waals surface area contributed by atoms with Crippen molar-refractivity contribution in [3.05, 3.63) is 11.6 Å². The first-order chi connectivity index (χ1) is 13.6. The lowest BCUT2D eigenvalue weighted by molar-refractivity contribution is -0.138. The lowest BCUT2D eigenvalue weighted by Crippen LogP contribution is -2.56. The molecular weight excluding hydrogens is 360 g/mol. The average molecular weight is 405 g/mol. The summed E-state index contributed by atoms with van der Waals surface area (Å²) in [4.78, 5) is 0. The number of hydrogen-bond acceptors (Lipinski definition) is 3. The zero-order valence-electron chi connectivity index (χ0n) is 19.4. The van der Waals surface area contributed by atoms with Gasteiger partial charge in [-0.2, -0.15) is 0 Å². The first-order valence-electron chi connectivity index (χ1n) is 12.2. The van der Waals surface area contributed by atoms with Gasteiger partial charge in [0.25, 0.3) is 0 Å². The summed E-state index contributed by atoms with van der Waals surface area (Å²) in [6.45, 7) is 8.91. The van der Waals surface area contributed by atoms with E-state index in [0.29, 0.717) is 17.4 Å². The summed E-state index contributed by atoms with van der Waals surface area (Å²) in [5, 5.41) is 20.4. The van der Waals surface area contributed by atoms with Crippen LogP contribution in [0.4, 0.5) is 0 Å². The van der Waals surface area contributed by atoms with Gasteiger partial charge in [0, 0.05) is 7.11 Å². The van der Waals surface area contributed by atoms with E-state index in [0.717, 1.165) is 49.9 Å². The third-order valence-corrected chi connectivity index (χ3v) is 9.83. The smallest absolute Gasteiger partial charge is 0.0616 e. The van der Waals surface area contributed by atoms with Crippen molar-refractivity contribution < 1.29 is 14.9 Å². The largest absolute Gasteiger partial charge is 0.393 e. The summed E-state index contributed by atoms with van der Waals surface area (Å²) < 4.78 is 6.25. The third kappa shape index (κ3) is 3.74. The molecule has 3 fully saturated rings. The van der Waals surface area contributed by atoms with Crippen LogP contribution in [0.25, 0.3) is 0 Å². The molecular formula is C26H44O3. The Labute approximate surface area is 178 Å². The maximum absolute atomic E-state index is 10.3. The number of methoxy groups -OCH3 is 1. The van der Waals surface area contributed by atoms with Gasteiger partial charge in [0.2, 0.25) is 0 Å². The van der Waals surface area contributed by atoms with E-state index in [2.05, 4.69) is 19.9 Å². The molecule has 0 radical (unpaired) electrons. The lowest BCUT2D eigenvalue weighted by Gasteiger charge is -2.60. The second-order valence-corrected chi connectivity index (χ2v) is 12.0. The van der Waals surface area contributed by atoms with Crippen molar-refractivity contribution in [1.82, 2.24) is 0 Å². The topological polar surface area (TPSA) is 49.7 Å². The van der Waals surface area contributed by atoms with Crippen LogP contribution in [-0.2, 0) is 4.74 Å². The molecule has 3 saturated carbocycles. The van der Waals surface area contributed by atoms with Gasteiger partial charge in [-0.05, 0) is 106 Å². The number of aliphatic hydroxyl groups excluding tert-OH is 1. The number of fused-ring (bicyclic) bond motifs is 5. The quantitative estimate of drug-likeness (QED) is 0.596. The molecule has 0 aromatic carbocycles.